The van der Waals surface area contributed by atoms with E-state index in [0.717, 1.165) is 31.2 Å². The van der Waals surface area contributed by atoms with Gasteiger partial charge in [-0.05, 0) is 49.5 Å². The Hall–Kier alpha value is -3.08. The molecule has 5 heteroatoms. The van der Waals surface area contributed by atoms with Crippen molar-refractivity contribution < 1.29 is 24.5 Å². The molecular formula is C30H34O5. The van der Waals surface area contributed by atoms with Crippen LogP contribution in [-0.2, 0) is 0 Å². The van der Waals surface area contributed by atoms with E-state index in [-0.39, 0.29) is 46.0 Å². The number of aromatic hydroxyl groups is 2. The number of benzene rings is 2. The van der Waals surface area contributed by atoms with Crippen LogP contribution in [-0.4, -0.2) is 28.9 Å². The smallest absolute Gasteiger partial charge is 0.157 e. The van der Waals surface area contributed by atoms with Crippen LogP contribution >= 0.6 is 0 Å². The van der Waals surface area contributed by atoms with Gasteiger partial charge in [0.25, 0.3) is 0 Å². The standard InChI is InChI=1S/C30H34O5/c1-17-9-8-14-30(4)23(18-10-6-5-7-11-18)22-26(34)19(15-31)25(33)20(16-32)27(22)35-28(30)24-21(13-12-17)29(24,2)3/h5-7,9-11,15-16,21,23-24,28,33-34H,8,12-14H2,1-4H3/b17-9-/t21-,23+,24-,28+,30-/m1/s1. The molecule has 5 nitrogen and oxygen atoms in total. The maximum atomic E-state index is 12.2. The van der Waals surface area contributed by atoms with Gasteiger partial charge in [0.05, 0.1) is 11.1 Å². The van der Waals surface area contributed by atoms with Crippen molar-refractivity contribution in [3.8, 4) is 17.2 Å². The lowest BCUT2D eigenvalue weighted by Gasteiger charge is -2.50. The normalized spacial score (nSPS) is 32.5. The summed E-state index contributed by atoms with van der Waals surface area (Å²) >= 11 is 0. The maximum Gasteiger partial charge on any atom is 0.157 e. The van der Waals surface area contributed by atoms with Gasteiger partial charge in [-0.2, -0.15) is 0 Å². The molecule has 184 valence electrons. The Kier molecular flexibility index (Phi) is 5.58. The lowest BCUT2D eigenvalue weighted by Crippen LogP contribution is -2.48. The minimum atomic E-state index is -0.522. The predicted octanol–water partition coefficient (Wildman–Crippen LogP) is 6.41. The van der Waals surface area contributed by atoms with Gasteiger partial charge < -0.3 is 14.9 Å². The molecule has 0 radical (unpaired) electrons. The first-order valence-electron chi connectivity index (χ1n) is 12.6. The highest BCUT2D eigenvalue weighted by Gasteiger charge is 2.67. The van der Waals surface area contributed by atoms with Crippen LogP contribution in [0.4, 0.5) is 0 Å². The van der Waals surface area contributed by atoms with Gasteiger partial charge in [0, 0.05) is 22.8 Å². The number of ether oxygens (including phenoxy) is 1. The SMILES string of the molecule is C/C1=C/CC[C@]2(C)[C@@H](c3ccccc3)c3c(O)c(C=O)c(O)c(C=O)c3O[C@H]2[C@H]2[C@@H](CC1)C2(C)C. The molecule has 0 bridgehead atoms. The first-order valence-corrected chi connectivity index (χ1v) is 12.6. The topological polar surface area (TPSA) is 83.8 Å². The fourth-order valence-corrected chi connectivity index (χ4v) is 7.15. The van der Waals surface area contributed by atoms with E-state index >= 15 is 0 Å². The van der Waals surface area contributed by atoms with E-state index in [2.05, 4.69) is 33.8 Å². The van der Waals surface area contributed by atoms with Gasteiger partial charge in [0.1, 0.15) is 23.4 Å². The number of fused-ring (bicyclic) bond motifs is 4. The Morgan fingerprint density at radius 2 is 1.69 bits per heavy atom. The van der Waals surface area contributed by atoms with Gasteiger partial charge in [-0.25, -0.2) is 0 Å². The number of carbonyl (C=O) groups excluding carboxylic acids is 2. The molecule has 0 saturated heterocycles. The zero-order valence-electron chi connectivity index (χ0n) is 20.9. The fraction of sp³-hybridized carbons (Fsp3) is 0.467. The summed E-state index contributed by atoms with van der Waals surface area (Å²) in [5.74, 6) is -0.189. The Morgan fingerprint density at radius 1 is 1.00 bits per heavy atom. The maximum absolute atomic E-state index is 12.2. The molecule has 2 aromatic carbocycles. The molecule has 1 heterocycles. The number of phenols is 2. The Balaban J connectivity index is 1.82. The summed E-state index contributed by atoms with van der Waals surface area (Å²) in [4.78, 5) is 24.1. The second-order valence-corrected chi connectivity index (χ2v) is 11.5. The van der Waals surface area contributed by atoms with Crippen molar-refractivity contribution in [2.24, 2.45) is 22.7 Å². The molecule has 35 heavy (non-hydrogen) atoms. The Labute approximate surface area is 206 Å². The molecule has 0 amide bonds. The molecule has 0 unspecified atom stereocenters. The second kappa shape index (κ2) is 8.25. The summed E-state index contributed by atoms with van der Waals surface area (Å²) in [7, 11) is 0. The molecule has 1 fully saturated rings. The van der Waals surface area contributed by atoms with E-state index in [9.17, 15) is 19.8 Å². The quantitative estimate of drug-likeness (QED) is 0.396. The molecule has 2 N–H and O–H groups in total. The van der Waals surface area contributed by atoms with Gasteiger partial charge in [-0.3, -0.25) is 9.59 Å². The summed E-state index contributed by atoms with van der Waals surface area (Å²) in [6, 6.07) is 9.95. The summed E-state index contributed by atoms with van der Waals surface area (Å²) < 4.78 is 6.73. The van der Waals surface area contributed by atoms with E-state index in [1.54, 1.807) is 0 Å². The molecule has 0 spiro atoms. The average Bonchev–Trinajstić information content (AvgIpc) is 3.38. The zero-order valence-corrected chi connectivity index (χ0v) is 20.9. The fourth-order valence-electron chi connectivity index (χ4n) is 7.15. The van der Waals surface area contributed by atoms with Crippen LogP contribution in [0, 0.1) is 22.7 Å². The summed E-state index contributed by atoms with van der Waals surface area (Å²) in [5, 5.41) is 22.0. The van der Waals surface area contributed by atoms with Crippen molar-refractivity contribution in [3.05, 3.63) is 64.2 Å². The average molecular weight is 475 g/mol. The highest BCUT2D eigenvalue weighted by molar-refractivity contribution is 5.95. The van der Waals surface area contributed by atoms with Crippen molar-refractivity contribution in [2.75, 3.05) is 0 Å². The zero-order chi connectivity index (χ0) is 25.1. The first kappa shape index (κ1) is 23.7. The van der Waals surface area contributed by atoms with Gasteiger partial charge in [-0.1, -0.05) is 62.8 Å². The lowest BCUT2D eigenvalue weighted by molar-refractivity contribution is -0.00817. The van der Waals surface area contributed by atoms with Crippen molar-refractivity contribution in [2.45, 2.75) is 65.4 Å². The minimum absolute atomic E-state index is 0.0641. The van der Waals surface area contributed by atoms with Crippen LogP contribution in [0.15, 0.2) is 42.0 Å². The van der Waals surface area contributed by atoms with Gasteiger partial charge in [-0.15, -0.1) is 0 Å². The molecule has 5 rings (SSSR count). The number of allylic oxidation sites excluding steroid dienone is 2. The van der Waals surface area contributed by atoms with E-state index in [1.807, 2.05) is 30.3 Å². The van der Waals surface area contributed by atoms with Crippen LogP contribution < -0.4 is 4.74 Å². The third-order valence-electron chi connectivity index (χ3n) is 9.21. The highest BCUT2D eigenvalue weighted by atomic mass is 16.5. The van der Waals surface area contributed by atoms with Crippen LogP contribution in [0.5, 0.6) is 17.2 Å². The second-order valence-electron chi connectivity index (χ2n) is 11.5. The first-order chi connectivity index (χ1) is 16.7. The molecule has 5 atom stereocenters. The number of hydrogen-bond donors (Lipinski definition) is 2. The highest BCUT2D eigenvalue weighted by Crippen LogP contribution is 2.70. The number of phenolic OH excluding ortho intramolecular Hbond substituents is 2. The van der Waals surface area contributed by atoms with Gasteiger partial charge in [0.15, 0.2) is 12.6 Å². The Bertz CT molecular complexity index is 1210. The largest absolute Gasteiger partial charge is 0.507 e. The molecule has 2 aliphatic carbocycles. The third kappa shape index (κ3) is 3.42. The number of hydrogen-bond acceptors (Lipinski definition) is 5. The molecule has 1 saturated carbocycles. The Morgan fingerprint density at radius 3 is 2.34 bits per heavy atom. The van der Waals surface area contributed by atoms with Crippen LogP contribution in [0.3, 0.4) is 0 Å². The number of aldehydes is 2. The molecule has 1 aliphatic heterocycles. The lowest BCUT2D eigenvalue weighted by atomic mass is 9.60. The van der Waals surface area contributed by atoms with Crippen molar-refractivity contribution >= 4 is 12.6 Å². The van der Waals surface area contributed by atoms with Crippen molar-refractivity contribution in [1.29, 1.82) is 0 Å². The van der Waals surface area contributed by atoms with Crippen molar-refractivity contribution in [3.63, 3.8) is 0 Å². The van der Waals surface area contributed by atoms with Crippen LogP contribution in [0.1, 0.15) is 91.1 Å². The van der Waals surface area contributed by atoms with Gasteiger partial charge >= 0.3 is 0 Å². The number of carbonyl (C=O) groups is 2. The third-order valence-corrected chi connectivity index (χ3v) is 9.21. The number of rotatable bonds is 3. The molecule has 0 aromatic heterocycles. The van der Waals surface area contributed by atoms with E-state index in [4.69, 9.17) is 4.74 Å². The summed E-state index contributed by atoms with van der Waals surface area (Å²) in [5.41, 5.74) is 2.14. The molecular weight excluding hydrogens is 440 g/mol. The van der Waals surface area contributed by atoms with Crippen molar-refractivity contribution in [1.82, 2.24) is 0 Å². The van der Waals surface area contributed by atoms with E-state index in [0.29, 0.717) is 24.1 Å². The van der Waals surface area contributed by atoms with Crippen LogP contribution in [0.2, 0.25) is 0 Å². The van der Waals surface area contributed by atoms with Gasteiger partial charge in [0.2, 0.25) is 0 Å². The minimum Gasteiger partial charge on any atom is -0.507 e. The van der Waals surface area contributed by atoms with Crippen LogP contribution in [0.25, 0.3) is 0 Å². The monoisotopic (exact) mass is 474 g/mol. The summed E-state index contributed by atoms with van der Waals surface area (Å²) in [6.07, 6.45) is 6.89. The van der Waals surface area contributed by atoms with E-state index < -0.39 is 11.2 Å². The van der Waals surface area contributed by atoms with E-state index in [1.165, 1.54) is 5.57 Å². The molecule has 2 aromatic rings. The molecule has 3 aliphatic rings. The summed E-state index contributed by atoms with van der Waals surface area (Å²) in [6.45, 7) is 9.01. The predicted molar refractivity (Wildman–Crippen MR) is 134 cm³/mol.